The molecule has 0 bridgehead atoms. The number of nitrogens with zero attached hydrogens (tertiary/aromatic N) is 2. The van der Waals surface area contributed by atoms with Gasteiger partial charge in [-0.25, -0.2) is 5.43 Å². The Labute approximate surface area is 201 Å². The summed E-state index contributed by atoms with van der Waals surface area (Å²) in [6, 6.07) is 9.61. The van der Waals surface area contributed by atoms with Crippen LogP contribution in [0.1, 0.15) is 35.6 Å². The number of hydrogen-bond acceptors (Lipinski definition) is 7. The number of rotatable bonds is 9. The number of furan rings is 1. The largest absolute Gasteiger partial charge is 0.455 e. The van der Waals surface area contributed by atoms with E-state index in [9.17, 15) is 19.7 Å². The van der Waals surface area contributed by atoms with Crippen LogP contribution in [-0.4, -0.2) is 29.0 Å². The number of hydrogen-bond donors (Lipinski definition) is 2. The molecule has 2 amide bonds. The highest BCUT2D eigenvalue weighted by Crippen LogP contribution is 2.30. The topological polar surface area (TPSA) is 127 Å². The number of nitro benzene ring substituents is 1. The minimum absolute atomic E-state index is 0.0229. The molecule has 1 unspecified atom stereocenters. The molecule has 0 radical (unpaired) electrons. The van der Waals surface area contributed by atoms with Gasteiger partial charge in [-0.15, -0.1) is 11.3 Å². The van der Waals surface area contributed by atoms with Crippen molar-refractivity contribution in [3.8, 4) is 11.3 Å². The maximum absolute atomic E-state index is 12.6. The quantitative estimate of drug-likeness (QED) is 0.266. The fourth-order valence-electron chi connectivity index (χ4n) is 3.31. The fraction of sp³-hybridized carbons (Fsp3) is 0.292. The summed E-state index contributed by atoms with van der Waals surface area (Å²) >= 11 is 1.48. The maximum atomic E-state index is 12.6. The number of carbonyl (C=O) groups is 2. The Bertz CT molecular complexity index is 1210. The third-order valence-corrected chi connectivity index (χ3v) is 6.17. The number of hydrazone groups is 1. The van der Waals surface area contributed by atoms with Crippen LogP contribution in [0.4, 0.5) is 5.69 Å². The summed E-state index contributed by atoms with van der Waals surface area (Å²) in [5.41, 5.74) is 4.42. The van der Waals surface area contributed by atoms with Crippen LogP contribution in [0.5, 0.6) is 0 Å². The second-order valence-electron chi connectivity index (χ2n) is 8.18. The van der Waals surface area contributed by atoms with E-state index in [1.807, 2.05) is 37.4 Å². The van der Waals surface area contributed by atoms with Crippen molar-refractivity contribution in [2.75, 3.05) is 0 Å². The van der Waals surface area contributed by atoms with E-state index in [0.29, 0.717) is 22.6 Å². The molecule has 0 aliphatic rings. The van der Waals surface area contributed by atoms with E-state index in [1.54, 1.807) is 26.0 Å². The van der Waals surface area contributed by atoms with Crippen molar-refractivity contribution in [2.24, 2.45) is 11.0 Å². The highest BCUT2D eigenvalue weighted by Gasteiger charge is 2.24. The summed E-state index contributed by atoms with van der Waals surface area (Å²) in [5.74, 6) is -0.0158. The summed E-state index contributed by atoms with van der Waals surface area (Å²) in [5, 5.41) is 19.9. The van der Waals surface area contributed by atoms with Crippen molar-refractivity contribution >= 4 is 35.1 Å². The zero-order valence-electron chi connectivity index (χ0n) is 19.3. The lowest BCUT2D eigenvalue weighted by Gasteiger charge is -2.20. The molecular weight excluding hydrogens is 456 g/mol. The second-order valence-corrected chi connectivity index (χ2v) is 9.21. The van der Waals surface area contributed by atoms with Crippen LogP contribution in [0.3, 0.4) is 0 Å². The molecule has 34 heavy (non-hydrogen) atoms. The van der Waals surface area contributed by atoms with Crippen molar-refractivity contribution in [1.29, 1.82) is 0 Å². The van der Waals surface area contributed by atoms with Gasteiger partial charge >= 0.3 is 0 Å². The van der Waals surface area contributed by atoms with Gasteiger partial charge < -0.3 is 9.73 Å². The van der Waals surface area contributed by atoms with Crippen LogP contribution in [0.25, 0.3) is 11.3 Å². The summed E-state index contributed by atoms with van der Waals surface area (Å²) in [6.45, 7) is 7.17. The number of nitrogens with one attached hydrogen (secondary N) is 2. The summed E-state index contributed by atoms with van der Waals surface area (Å²) in [4.78, 5) is 36.7. The van der Waals surface area contributed by atoms with Gasteiger partial charge in [0.1, 0.15) is 17.6 Å². The van der Waals surface area contributed by atoms with Crippen LogP contribution in [-0.2, 0) is 16.0 Å². The molecule has 0 saturated heterocycles. The van der Waals surface area contributed by atoms with E-state index >= 15 is 0 Å². The van der Waals surface area contributed by atoms with Crippen molar-refractivity contribution in [1.82, 2.24) is 10.7 Å². The number of amides is 2. The van der Waals surface area contributed by atoms with Crippen molar-refractivity contribution < 1.29 is 18.9 Å². The van der Waals surface area contributed by atoms with Crippen LogP contribution < -0.4 is 10.7 Å². The summed E-state index contributed by atoms with van der Waals surface area (Å²) < 4.78 is 5.72. The molecule has 1 aromatic carbocycles. The monoisotopic (exact) mass is 482 g/mol. The number of carbonyl (C=O) groups excluding carboxylic acids is 2. The Morgan fingerprint density at radius 3 is 2.65 bits per heavy atom. The molecule has 0 saturated carbocycles. The number of nitro groups is 1. The number of aryl methyl sites for hydroxylation is 1. The van der Waals surface area contributed by atoms with Crippen LogP contribution in [0.2, 0.25) is 0 Å². The normalized spacial score (nSPS) is 12.1. The molecule has 0 aliphatic carbocycles. The summed E-state index contributed by atoms with van der Waals surface area (Å²) in [6.07, 6.45) is 1.55. The van der Waals surface area contributed by atoms with Crippen LogP contribution in [0.15, 0.2) is 51.3 Å². The van der Waals surface area contributed by atoms with Gasteiger partial charge in [-0.05, 0) is 55.0 Å². The minimum atomic E-state index is -0.743. The second kappa shape index (κ2) is 10.9. The molecule has 2 N–H and O–H groups in total. The lowest BCUT2D eigenvalue weighted by atomic mass is 10.0. The first-order chi connectivity index (χ1) is 16.2. The average Bonchev–Trinajstić information content (AvgIpc) is 3.45. The van der Waals surface area contributed by atoms with Crippen LogP contribution in [0, 0.1) is 29.9 Å². The molecular formula is C24H26N4O5S. The number of benzene rings is 1. The maximum Gasteiger partial charge on any atom is 0.273 e. The standard InChI is InChI=1S/C24H26N4O5S/c1-14(2)23(26-22(29)12-19-6-5-9-34-19)24(30)27-25-13-18-7-8-21(33-18)17-10-15(3)16(4)20(11-17)28(31)32/h5-11,13-14,23H,12H2,1-4H3,(H,26,29)(H,27,30)/b25-13+. The van der Waals surface area contributed by atoms with Gasteiger partial charge in [-0.1, -0.05) is 19.9 Å². The van der Waals surface area contributed by atoms with Crippen molar-refractivity contribution in [2.45, 2.75) is 40.2 Å². The Hall–Kier alpha value is -3.79. The van der Waals surface area contributed by atoms with Gasteiger partial charge in [0, 0.05) is 22.1 Å². The lowest BCUT2D eigenvalue weighted by molar-refractivity contribution is -0.385. The Morgan fingerprint density at radius 1 is 1.24 bits per heavy atom. The Kier molecular flexibility index (Phi) is 7.95. The van der Waals surface area contributed by atoms with E-state index < -0.39 is 16.9 Å². The SMILES string of the molecule is Cc1cc(-c2ccc(/C=N/NC(=O)C(NC(=O)Cc3cccs3)C(C)C)o2)cc([N+](=O)[O-])c1C. The molecule has 0 spiro atoms. The molecule has 3 aromatic rings. The van der Waals surface area contributed by atoms with E-state index in [1.165, 1.54) is 23.6 Å². The summed E-state index contributed by atoms with van der Waals surface area (Å²) in [7, 11) is 0. The first kappa shape index (κ1) is 24.8. The highest BCUT2D eigenvalue weighted by atomic mass is 32.1. The highest BCUT2D eigenvalue weighted by molar-refractivity contribution is 7.10. The van der Waals surface area contributed by atoms with Crippen molar-refractivity contribution in [3.05, 3.63) is 73.7 Å². The van der Waals surface area contributed by atoms with Gasteiger partial charge in [0.2, 0.25) is 5.91 Å². The minimum Gasteiger partial charge on any atom is -0.455 e. The van der Waals surface area contributed by atoms with Crippen LogP contribution >= 0.6 is 11.3 Å². The molecule has 1 atom stereocenters. The Balaban J connectivity index is 1.64. The molecule has 3 rings (SSSR count). The first-order valence-electron chi connectivity index (χ1n) is 10.7. The van der Waals surface area contributed by atoms with Gasteiger partial charge in [-0.2, -0.15) is 5.10 Å². The molecule has 2 heterocycles. The third-order valence-electron chi connectivity index (χ3n) is 5.29. The van der Waals surface area contributed by atoms with Gasteiger partial charge in [0.05, 0.1) is 17.6 Å². The average molecular weight is 483 g/mol. The van der Waals surface area contributed by atoms with E-state index in [-0.39, 0.29) is 23.9 Å². The molecule has 0 aliphatic heterocycles. The zero-order valence-corrected chi connectivity index (χ0v) is 20.1. The van der Waals surface area contributed by atoms with E-state index in [2.05, 4.69) is 15.8 Å². The third kappa shape index (κ3) is 6.16. The molecule has 2 aromatic heterocycles. The number of thiophene rings is 1. The Morgan fingerprint density at radius 2 is 2.00 bits per heavy atom. The van der Waals surface area contributed by atoms with Gasteiger partial charge in [-0.3, -0.25) is 19.7 Å². The fourth-order valence-corrected chi connectivity index (χ4v) is 4.01. The first-order valence-corrected chi connectivity index (χ1v) is 11.5. The molecule has 0 fully saturated rings. The van der Waals surface area contributed by atoms with E-state index in [4.69, 9.17) is 4.42 Å². The lowest BCUT2D eigenvalue weighted by Crippen LogP contribution is -2.49. The predicted octanol–water partition coefficient (Wildman–Crippen LogP) is 4.37. The molecule has 10 heteroatoms. The zero-order chi connectivity index (χ0) is 24.8. The molecule has 178 valence electrons. The predicted molar refractivity (Wildman–Crippen MR) is 131 cm³/mol. The van der Waals surface area contributed by atoms with E-state index in [0.717, 1.165) is 10.4 Å². The van der Waals surface area contributed by atoms with Crippen molar-refractivity contribution in [3.63, 3.8) is 0 Å². The smallest absolute Gasteiger partial charge is 0.273 e. The van der Waals surface area contributed by atoms with Gasteiger partial charge in [0.25, 0.3) is 11.6 Å². The molecule has 9 nitrogen and oxygen atoms in total. The van der Waals surface area contributed by atoms with Gasteiger partial charge in [0.15, 0.2) is 0 Å².